The first-order valence-corrected chi connectivity index (χ1v) is 9.48. The van der Waals surface area contributed by atoms with Gasteiger partial charge in [0, 0.05) is 12.2 Å². The van der Waals surface area contributed by atoms with Crippen molar-refractivity contribution in [3.63, 3.8) is 0 Å². The van der Waals surface area contributed by atoms with Gasteiger partial charge in [-0.05, 0) is 35.4 Å². The van der Waals surface area contributed by atoms with E-state index in [1.54, 1.807) is 12.0 Å². The van der Waals surface area contributed by atoms with Crippen LogP contribution in [0.1, 0.15) is 16.5 Å². The SMILES string of the molecule is COc1ccc(N(C/C=C/c2ccccc2)C(=O)C(Cl)c2ccccc2)cc1. The van der Waals surface area contributed by atoms with Crippen LogP contribution in [0.5, 0.6) is 5.75 Å². The number of hydrogen-bond donors (Lipinski definition) is 0. The van der Waals surface area contributed by atoms with Gasteiger partial charge in [0.2, 0.25) is 5.91 Å². The Morgan fingerprint density at radius 3 is 2.18 bits per heavy atom. The number of benzene rings is 3. The van der Waals surface area contributed by atoms with Crippen molar-refractivity contribution in [2.24, 2.45) is 0 Å². The van der Waals surface area contributed by atoms with E-state index in [0.29, 0.717) is 6.54 Å². The molecule has 0 aromatic heterocycles. The van der Waals surface area contributed by atoms with Crippen LogP contribution in [0.25, 0.3) is 6.08 Å². The summed E-state index contributed by atoms with van der Waals surface area (Å²) in [6, 6.07) is 26.8. The quantitative estimate of drug-likeness (QED) is 0.482. The third kappa shape index (κ3) is 5.02. The Hall–Kier alpha value is -3.04. The van der Waals surface area contributed by atoms with Gasteiger partial charge < -0.3 is 9.64 Å². The van der Waals surface area contributed by atoms with Gasteiger partial charge in [0.1, 0.15) is 11.1 Å². The molecule has 0 N–H and O–H groups in total. The van der Waals surface area contributed by atoms with Gasteiger partial charge >= 0.3 is 0 Å². The highest BCUT2D eigenvalue weighted by molar-refractivity contribution is 6.32. The van der Waals surface area contributed by atoms with E-state index in [1.807, 2.05) is 97.1 Å². The lowest BCUT2D eigenvalue weighted by Crippen LogP contribution is -2.33. The standard InChI is InChI=1S/C24H22ClNO2/c1-28-22-16-14-21(15-17-22)26(18-8-11-19-9-4-2-5-10-19)24(27)23(25)20-12-6-3-7-13-20/h2-17,23H,18H2,1H3/b11-8+. The number of carbonyl (C=O) groups is 1. The molecule has 1 atom stereocenters. The zero-order chi connectivity index (χ0) is 19.8. The lowest BCUT2D eigenvalue weighted by molar-refractivity contribution is -0.118. The molecule has 0 radical (unpaired) electrons. The molecule has 4 heteroatoms. The first kappa shape index (κ1) is 19.7. The number of rotatable bonds is 7. The maximum Gasteiger partial charge on any atom is 0.249 e. The Morgan fingerprint density at radius 1 is 0.964 bits per heavy atom. The monoisotopic (exact) mass is 391 g/mol. The van der Waals surface area contributed by atoms with Crippen molar-refractivity contribution >= 4 is 29.3 Å². The molecule has 1 amide bonds. The summed E-state index contributed by atoms with van der Waals surface area (Å²) < 4.78 is 5.22. The van der Waals surface area contributed by atoms with Crippen LogP contribution in [0.2, 0.25) is 0 Å². The average Bonchev–Trinajstić information content (AvgIpc) is 2.77. The topological polar surface area (TPSA) is 29.5 Å². The molecule has 0 aliphatic carbocycles. The number of halogens is 1. The van der Waals surface area contributed by atoms with Gasteiger partial charge in [0.25, 0.3) is 0 Å². The Morgan fingerprint density at radius 2 is 1.57 bits per heavy atom. The van der Waals surface area contributed by atoms with Gasteiger partial charge in [-0.2, -0.15) is 0 Å². The predicted octanol–water partition coefficient (Wildman–Crippen LogP) is 5.72. The molecule has 0 aliphatic rings. The van der Waals surface area contributed by atoms with Crippen molar-refractivity contribution in [1.82, 2.24) is 0 Å². The molecule has 3 rings (SSSR count). The van der Waals surface area contributed by atoms with E-state index >= 15 is 0 Å². The number of methoxy groups -OCH3 is 1. The molecule has 142 valence electrons. The van der Waals surface area contributed by atoms with Crippen molar-refractivity contribution in [2.75, 3.05) is 18.6 Å². The van der Waals surface area contributed by atoms with Gasteiger partial charge in [-0.15, -0.1) is 11.6 Å². The predicted molar refractivity (Wildman–Crippen MR) is 116 cm³/mol. The summed E-state index contributed by atoms with van der Waals surface area (Å²) in [6.45, 7) is 0.413. The van der Waals surface area contributed by atoms with Crippen LogP contribution in [0.4, 0.5) is 5.69 Å². The van der Waals surface area contributed by atoms with Crippen molar-refractivity contribution in [2.45, 2.75) is 5.38 Å². The van der Waals surface area contributed by atoms with Gasteiger partial charge in [0.05, 0.1) is 7.11 Å². The van der Waals surface area contributed by atoms with Crippen molar-refractivity contribution in [1.29, 1.82) is 0 Å². The summed E-state index contributed by atoms with van der Waals surface area (Å²) in [6.07, 6.45) is 3.96. The van der Waals surface area contributed by atoms with E-state index in [4.69, 9.17) is 16.3 Å². The zero-order valence-electron chi connectivity index (χ0n) is 15.7. The first-order chi connectivity index (χ1) is 13.7. The van der Waals surface area contributed by atoms with E-state index in [2.05, 4.69) is 0 Å². The van der Waals surface area contributed by atoms with Crippen molar-refractivity contribution < 1.29 is 9.53 Å². The fraction of sp³-hybridized carbons (Fsp3) is 0.125. The molecule has 3 nitrogen and oxygen atoms in total. The summed E-state index contributed by atoms with van der Waals surface area (Å²) >= 11 is 6.52. The van der Waals surface area contributed by atoms with Crippen molar-refractivity contribution in [3.05, 3.63) is 102 Å². The molecule has 1 unspecified atom stereocenters. The van der Waals surface area contributed by atoms with Crippen LogP contribution in [-0.2, 0) is 4.79 Å². The van der Waals surface area contributed by atoms with Gasteiger partial charge in [-0.1, -0.05) is 72.8 Å². The largest absolute Gasteiger partial charge is 0.497 e. The summed E-state index contributed by atoms with van der Waals surface area (Å²) in [5.41, 5.74) is 2.62. The second kappa shape index (κ2) is 9.77. The molecule has 0 heterocycles. The van der Waals surface area contributed by atoms with Gasteiger partial charge in [-0.3, -0.25) is 4.79 Å². The summed E-state index contributed by atoms with van der Waals surface area (Å²) in [5, 5.41) is -0.756. The summed E-state index contributed by atoms with van der Waals surface area (Å²) in [7, 11) is 1.62. The normalized spacial score (nSPS) is 11.9. The number of nitrogens with zero attached hydrogens (tertiary/aromatic N) is 1. The Labute approximate surface area is 170 Å². The fourth-order valence-corrected chi connectivity index (χ4v) is 3.11. The summed E-state index contributed by atoms with van der Waals surface area (Å²) in [4.78, 5) is 14.9. The maximum atomic E-state index is 13.2. The highest BCUT2D eigenvalue weighted by Gasteiger charge is 2.24. The minimum atomic E-state index is -0.756. The van der Waals surface area contributed by atoms with Crippen LogP contribution in [0.15, 0.2) is 91.0 Å². The molecule has 0 bridgehead atoms. The van der Waals surface area contributed by atoms with E-state index in [1.165, 1.54) is 0 Å². The second-order valence-corrected chi connectivity index (χ2v) is 6.67. The Bertz CT molecular complexity index is 908. The molecular formula is C24H22ClNO2. The number of ether oxygens (including phenoxy) is 1. The minimum Gasteiger partial charge on any atom is -0.497 e. The molecule has 0 spiro atoms. The average molecular weight is 392 g/mol. The van der Waals surface area contributed by atoms with Crippen molar-refractivity contribution in [3.8, 4) is 5.75 Å². The molecule has 0 saturated carbocycles. The number of alkyl halides is 1. The lowest BCUT2D eigenvalue weighted by Gasteiger charge is -2.24. The second-order valence-electron chi connectivity index (χ2n) is 6.23. The third-order valence-corrected chi connectivity index (χ3v) is 4.80. The van der Waals surface area contributed by atoms with Crippen LogP contribution in [-0.4, -0.2) is 19.6 Å². The molecular weight excluding hydrogens is 370 g/mol. The number of carbonyl (C=O) groups excluding carboxylic acids is 1. The van der Waals surface area contributed by atoms with E-state index in [-0.39, 0.29) is 5.91 Å². The van der Waals surface area contributed by atoms with Crippen LogP contribution in [0, 0.1) is 0 Å². The Balaban J connectivity index is 1.84. The third-order valence-electron chi connectivity index (χ3n) is 4.36. The molecule has 0 aliphatic heterocycles. The fourth-order valence-electron chi connectivity index (χ4n) is 2.84. The van der Waals surface area contributed by atoms with Crippen LogP contribution >= 0.6 is 11.6 Å². The Kier molecular flexibility index (Phi) is 6.88. The smallest absolute Gasteiger partial charge is 0.249 e. The minimum absolute atomic E-state index is 0.171. The maximum absolute atomic E-state index is 13.2. The molecule has 0 saturated heterocycles. The highest BCUT2D eigenvalue weighted by Crippen LogP contribution is 2.27. The van der Waals surface area contributed by atoms with Crippen LogP contribution in [0.3, 0.4) is 0 Å². The molecule has 3 aromatic rings. The number of amides is 1. The van der Waals surface area contributed by atoms with Crippen LogP contribution < -0.4 is 9.64 Å². The molecule has 3 aromatic carbocycles. The van der Waals surface area contributed by atoms with E-state index in [0.717, 1.165) is 22.6 Å². The number of anilines is 1. The van der Waals surface area contributed by atoms with E-state index < -0.39 is 5.38 Å². The molecule has 0 fully saturated rings. The van der Waals surface area contributed by atoms with E-state index in [9.17, 15) is 4.79 Å². The zero-order valence-corrected chi connectivity index (χ0v) is 16.4. The lowest BCUT2D eigenvalue weighted by atomic mass is 10.1. The molecule has 28 heavy (non-hydrogen) atoms. The van der Waals surface area contributed by atoms with Gasteiger partial charge in [-0.25, -0.2) is 0 Å². The summed E-state index contributed by atoms with van der Waals surface area (Å²) in [5.74, 6) is 0.567. The first-order valence-electron chi connectivity index (χ1n) is 9.05. The highest BCUT2D eigenvalue weighted by atomic mass is 35.5. The number of hydrogen-bond acceptors (Lipinski definition) is 2. The van der Waals surface area contributed by atoms with Gasteiger partial charge in [0.15, 0.2) is 0 Å².